The standard InChI is InChI=1S/C18H25NS/c1-11(2)18-15-8-13-6-5-7-14(13)9-16(15)20-17(18)10-19-12(3)4/h8-9,11-12,19H,5-7,10H2,1-4H3. The van der Waals surface area contributed by atoms with Crippen LogP contribution in [0.15, 0.2) is 12.1 Å². The van der Waals surface area contributed by atoms with Gasteiger partial charge >= 0.3 is 0 Å². The Morgan fingerprint density at radius 1 is 1.10 bits per heavy atom. The van der Waals surface area contributed by atoms with Crippen LogP contribution in [-0.2, 0) is 19.4 Å². The van der Waals surface area contributed by atoms with Crippen molar-refractivity contribution in [1.82, 2.24) is 5.32 Å². The highest BCUT2D eigenvalue weighted by atomic mass is 32.1. The van der Waals surface area contributed by atoms with E-state index in [2.05, 4.69) is 45.1 Å². The molecule has 2 aromatic rings. The molecule has 0 fully saturated rings. The van der Waals surface area contributed by atoms with E-state index in [1.54, 1.807) is 16.7 Å². The van der Waals surface area contributed by atoms with E-state index in [0.29, 0.717) is 12.0 Å². The number of aryl methyl sites for hydroxylation is 2. The summed E-state index contributed by atoms with van der Waals surface area (Å²) in [6, 6.07) is 5.50. The van der Waals surface area contributed by atoms with Crippen molar-refractivity contribution in [1.29, 1.82) is 0 Å². The van der Waals surface area contributed by atoms with Gasteiger partial charge in [0.2, 0.25) is 0 Å². The van der Waals surface area contributed by atoms with Gasteiger partial charge in [-0.3, -0.25) is 0 Å². The Bertz CT molecular complexity index is 622. The fraction of sp³-hybridized carbons (Fsp3) is 0.556. The van der Waals surface area contributed by atoms with Gasteiger partial charge in [0.25, 0.3) is 0 Å². The van der Waals surface area contributed by atoms with Crippen molar-refractivity contribution in [2.45, 2.75) is 65.5 Å². The van der Waals surface area contributed by atoms with E-state index in [4.69, 9.17) is 0 Å². The summed E-state index contributed by atoms with van der Waals surface area (Å²) in [5.41, 5.74) is 4.77. The average molecular weight is 287 g/mol. The zero-order valence-corrected chi connectivity index (χ0v) is 13.9. The predicted octanol–water partition coefficient (Wildman–Crippen LogP) is 5.01. The van der Waals surface area contributed by atoms with Crippen LogP contribution in [0, 0.1) is 0 Å². The molecule has 108 valence electrons. The van der Waals surface area contributed by atoms with Gasteiger partial charge in [-0.25, -0.2) is 0 Å². The molecule has 1 aromatic heterocycles. The molecule has 0 unspecified atom stereocenters. The monoisotopic (exact) mass is 287 g/mol. The van der Waals surface area contributed by atoms with Crippen LogP contribution in [0.3, 0.4) is 0 Å². The summed E-state index contributed by atoms with van der Waals surface area (Å²) in [4.78, 5) is 1.53. The van der Waals surface area contributed by atoms with E-state index >= 15 is 0 Å². The molecule has 20 heavy (non-hydrogen) atoms. The summed E-state index contributed by atoms with van der Waals surface area (Å²) < 4.78 is 1.50. The van der Waals surface area contributed by atoms with Gasteiger partial charge in [-0.2, -0.15) is 0 Å². The van der Waals surface area contributed by atoms with Crippen LogP contribution < -0.4 is 5.32 Å². The molecule has 1 N–H and O–H groups in total. The van der Waals surface area contributed by atoms with Crippen molar-refractivity contribution < 1.29 is 0 Å². The smallest absolute Gasteiger partial charge is 0.0352 e. The van der Waals surface area contributed by atoms with Crippen molar-refractivity contribution in [2.75, 3.05) is 0 Å². The molecule has 3 rings (SSSR count). The fourth-order valence-electron chi connectivity index (χ4n) is 3.30. The highest BCUT2D eigenvalue weighted by Gasteiger charge is 2.19. The second-order valence-corrected chi connectivity index (χ2v) is 7.74. The highest BCUT2D eigenvalue weighted by Crippen LogP contribution is 2.39. The molecular weight excluding hydrogens is 262 g/mol. The summed E-state index contributed by atoms with van der Waals surface area (Å²) in [6.07, 6.45) is 3.89. The van der Waals surface area contributed by atoms with Crippen molar-refractivity contribution in [3.63, 3.8) is 0 Å². The molecule has 1 aromatic carbocycles. The number of hydrogen-bond donors (Lipinski definition) is 1. The summed E-state index contributed by atoms with van der Waals surface area (Å²) in [7, 11) is 0. The van der Waals surface area contributed by atoms with E-state index in [1.165, 1.54) is 34.2 Å². The lowest BCUT2D eigenvalue weighted by Crippen LogP contribution is -2.21. The largest absolute Gasteiger partial charge is 0.310 e. The second-order valence-electron chi connectivity index (χ2n) is 6.60. The van der Waals surface area contributed by atoms with Crippen LogP contribution in [0.5, 0.6) is 0 Å². The Kier molecular flexibility index (Phi) is 3.87. The molecule has 2 heteroatoms. The summed E-state index contributed by atoms with van der Waals surface area (Å²) in [5, 5.41) is 5.11. The minimum absolute atomic E-state index is 0.547. The first kappa shape index (κ1) is 14.1. The molecule has 0 amide bonds. The van der Waals surface area contributed by atoms with Gasteiger partial charge in [0.15, 0.2) is 0 Å². The number of benzene rings is 1. The van der Waals surface area contributed by atoms with Gasteiger partial charge < -0.3 is 5.32 Å². The van der Waals surface area contributed by atoms with Gasteiger partial charge in [0.05, 0.1) is 0 Å². The van der Waals surface area contributed by atoms with Gasteiger partial charge in [0.1, 0.15) is 0 Å². The van der Waals surface area contributed by atoms with Crippen LogP contribution >= 0.6 is 11.3 Å². The van der Waals surface area contributed by atoms with Crippen LogP contribution in [-0.4, -0.2) is 6.04 Å². The Hall–Kier alpha value is -0.860. The SMILES string of the molecule is CC(C)NCc1sc2cc3c(cc2c1C(C)C)CCC3. The fourth-order valence-corrected chi connectivity index (χ4v) is 4.65. The first-order chi connectivity index (χ1) is 9.56. The maximum Gasteiger partial charge on any atom is 0.0352 e. The van der Waals surface area contributed by atoms with Crippen LogP contribution in [0.1, 0.15) is 61.6 Å². The van der Waals surface area contributed by atoms with E-state index in [-0.39, 0.29) is 0 Å². The highest BCUT2D eigenvalue weighted by molar-refractivity contribution is 7.19. The van der Waals surface area contributed by atoms with Gasteiger partial charge in [-0.1, -0.05) is 27.7 Å². The van der Waals surface area contributed by atoms with E-state index < -0.39 is 0 Å². The first-order valence-electron chi connectivity index (χ1n) is 7.86. The summed E-state index contributed by atoms with van der Waals surface area (Å²) in [6.45, 7) is 10.1. The molecule has 0 aliphatic heterocycles. The Labute approximate surface area is 126 Å². The molecule has 0 atom stereocenters. The third-order valence-corrected chi connectivity index (χ3v) is 5.43. The zero-order valence-electron chi connectivity index (χ0n) is 13.0. The quantitative estimate of drug-likeness (QED) is 0.833. The molecule has 0 bridgehead atoms. The number of rotatable bonds is 4. The summed E-state index contributed by atoms with van der Waals surface area (Å²) in [5.74, 6) is 0.604. The Balaban J connectivity index is 2.08. The van der Waals surface area contributed by atoms with Crippen LogP contribution in [0.4, 0.5) is 0 Å². The number of nitrogens with one attached hydrogen (secondary N) is 1. The van der Waals surface area contributed by atoms with Crippen molar-refractivity contribution in [2.24, 2.45) is 0 Å². The lowest BCUT2D eigenvalue weighted by Gasteiger charge is -2.11. The molecule has 0 spiro atoms. The van der Waals surface area contributed by atoms with Gasteiger partial charge in [-0.15, -0.1) is 11.3 Å². The minimum Gasteiger partial charge on any atom is -0.310 e. The van der Waals surface area contributed by atoms with E-state index in [9.17, 15) is 0 Å². The van der Waals surface area contributed by atoms with Crippen molar-refractivity contribution in [3.8, 4) is 0 Å². The van der Waals surface area contributed by atoms with E-state index in [0.717, 1.165) is 6.54 Å². The lowest BCUT2D eigenvalue weighted by atomic mass is 9.97. The number of fused-ring (bicyclic) bond motifs is 2. The number of hydrogen-bond acceptors (Lipinski definition) is 2. The molecule has 1 heterocycles. The first-order valence-corrected chi connectivity index (χ1v) is 8.68. The Morgan fingerprint density at radius 2 is 1.80 bits per heavy atom. The molecule has 1 nitrogen and oxygen atoms in total. The molecule has 1 aliphatic rings. The third-order valence-electron chi connectivity index (χ3n) is 4.27. The molecule has 0 saturated carbocycles. The average Bonchev–Trinajstić information content (AvgIpc) is 2.95. The molecule has 0 radical (unpaired) electrons. The second kappa shape index (κ2) is 5.50. The van der Waals surface area contributed by atoms with Gasteiger partial charge in [0, 0.05) is 22.2 Å². The van der Waals surface area contributed by atoms with Gasteiger partial charge in [-0.05, 0) is 59.4 Å². The molecule has 0 saturated heterocycles. The summed E-state index contributed by atoms with van der Waals surface area (Å²) >= 11 is 2.00. The molecule has 1 aliphatic carbocycles. The van der Waals surface area contributed by atoms with Crippen molar-refractivity contribution in [3.05, 3.63) is 33.7 Å². The third kappa shape index (κ3) is 2.51. The Morgan fingerprint density at radius 3 is 2.45 bits per heavy atom. The number of thiophene rings is 1. The topological polar surface area (TPSA) is 12.0 Å². The maximum absolute atomic E-state index is 3.59. The molecular formula is C18H25NS. The van der Waals surface area contributed by atoms with Crippen LogP contribution in [0.2, 0.25) is 0 Å². The van der Waals surface area contributed by atoms with Crippen LogP contribution in [0.25, 0.3) is 10.1 Å². The van der Waals surface area contributed by atoms with E-state index in [1.807, 2.05) is 11.3 Å². The van der Waals surface area contributed by atoms with Crippen molar-refractivity contribution >= 4 is 21.4 Å². The maximum atomic E-state index is 3.59. The minimum atomic E-state index is 0.547. The zero-order chi connectivity index (χ0) is 14.3. The lowest BCUT2D eigenvalue weighted by molar-refractivity contribution is 0.590. The normalized spacial score (nSPS) is 14.7. The predicted molar refractivity (Wildman–Crippen MR) is 89.9 cm³/mol.